The second kappa shape index (κ2) is 9.41. The molecule has 35 heavy (non-hydrogen) atoms. The number of carbonyl (C=O) groups is 1. The average molecular weight is 537 g/mol. The number of nitrogens with zero attached hydrogens (tertiary/aromatic N) is 7. The lowest BCUT2D eigenvalue weighted by molar-refractivity contribution is -0.129. The van der Waals surface area contributed by atoms with Gasteiger partial charge in [-0.25, -0.2) is 4.98 Å². The maximum atomic E-state index is 11.8. The van der Waals surface area contributed by atoms with E-state index in [2.05, 4.69) is 64.0 Å². The van der Waals surface area contributed by atoms with Crippen molar-refractivity contribution in [3.05, 3.63) is 46.7 Å². The number of halogens is 1. The minimum absolute atomic E-state index is 0.0457. The van der Waals surface area contributed by atoms with E-state index in [0.717, 1.165) is 32.1 Å². The predicted octanol–water partition coefficient (Wildman–Crippen LogP) is 4.56. The van der Waals surface area contributed by atoms with Crippen LogP contribution in [0.1, 0.15) is 45.3 Å². The van der Waals surface area contributed by atoms with Gasteiger partial charge in [0.2, 0.25) is 11.9 Å². The Hall–Kier alpha value is -3.27. The van der Waals surface area contributed by atoms with Gasteiger partial charge in [0, 0.05) is 50.7 Å². The molecular weight excluding hydrogens is 508 g/mol. The largest absolute Gasteiger partial charge is 0.361 e. The van der Waals surface area contributed by atoms with Gasteiger partial charge in [0.15, 0.2) is 11.3 Å². The molecule has 1 N–H and O–H groups in total. The summed E-state index contributed by atoms with van der Waals surface area (Å²) in [6.45, 7) is 10.6. The molecule has 5 rings (SSSR count). The van der Waals surface area contributed by atoms with E-state index in [1.165, 1.54) is 0 Å². The highest BCUT2D eigenvalue weighted by atomic mass is 79.9. The van der Waals surface area contributed by atoms with E-state index in [4.69, 9.17) is 15.1 Å². The molecule has 0 spiro atoms. The number of para-hydroxylation sites is 1. The number of hydrogen-bond acceptors (Lipinski definition) is 7. The fourth-order valence-corrected chi connectivity index (χ4v) is 5.13. The number of rotatable bonds is 5. The minimum atomic E-state index is -0.0457. The lowest BCUT2D eigenvalue weighted by Crippen LogP contribution is -2.48. The van der Waals surface area contributed by atoms with Crippen LogP contribution >= 0.6 is 15.9 Å². The average Bonchev–Trinajstić information content (AvgIpc) is 3.20. The van der Waals surface area contributed by atoms with E-state index >= 15 is 0 Å². The van der Waals surface area contributed by atoms with Crippen molar-refractivity contribution in [2.45, 2.75) is 39.8 Å². The van der Waals surface area contributed by atoms with Gasteiger partial charge in [0.1, 0.15) is 10.1 Å². The maximum Gasteiger partial charge on any atom is 0.228 e. The predicted molar refractivity (Wildman–Crippen MR) is 142 cm³/mol. The van der Waals surface area contributed by atoms with Crippen molar-refractivity contribution in [1.29, 1.82) is 0 Å². The molecule has 4 heterocycles. The first kappa shape index (κ1) is 23.5. The van der Waals surface area contributed by atoms with Crippen molar-refractivity contribution in [1.82, 2.24) is 29.6 Å². The zero-order valence-corrected chi connectivity index (χ0v) is 21.9. The van der Waals surface area contributed by atoms with Crippen molar-refractivity contribution < 1.29 is 4.79 Å². The van der Waals surface area contributed by atoms with Crippen molar-refractivity contribution in [2.24, 2.45) is 0 Å². The van der Waals surface area contributed by atoms with Crippen LogP contribution in [0.2, 0.25) is 0 Å². The maximum absolute atomic E-state index is 11.8. The van der Waals surface area contributed by atoms with Crippen LogP contribution in [-0.4, -0.2) is 61.7 Å². The Morgan fingerprint density at radius 1 is 1.06 bits per heavy atom. The van der Waals surface area contributed by atoms with Gasteiger partial charge < -0.3 is 15.1 Å². The summed E-state index contributed by atoms with van der Waals surface area (Å²) < 4.78 is 2.75. The van der Waals surface area contributed by atoms with Gasteiger partial charge in [0.25, 0.3) is 0 Å². The Bertz CT molecular complexity index is 1390. The van der Waals surface area contributed by atoms with Gasteiger partial charge in [0.05, 0.1) is 11.6 Å². The molecular formula is C25H29BrN8O. The van der Waals surface area contributed by atoms with E-state index in [9.17, 15) is 4.79 Å². The Kier molecular flexibility index (Phi) is 6.31. The molecule has 1 fully saturated rings. The Balaban J connectivity index is 1.52. The molecule has 0 radical (unpaired) electrons. The number of piperazine rings is 1. The molecule has 9 nitrogen and oxygen atoms in total. The Labute approximate surface area is 212 Å². The number of fused-ring (bicyclic) bond motifs is 2. The van der Waals surface area contributed by atoms with Crippen LogP contribution in [0.3, 0.4) is 0 Å². The van der Waals surface area contributed by atoms with Crippen LogP contribution in [-0.2, 0) is 4.79 Å². The standard InChI is InChI=1S/C25H29BrN8O/c1-15(2)34-23(26)21-22(31-34)24(30-25(29-21)33-11-9-32(10-12-33)17(4)35)28-16(3)19-13-18-7-5-6-8-20(18)27-14-19/h5-8,13-16H,9-12H2,1-4H3,(H,28,29,30)/t16-/m1/s1. The number of aromatic nitrogens is 5. The smallest absolute Gasteiger partial charge is 0.228 e. The number of carbonyl (C=O) groups excluding carboxylic acids is 1. The summed E-state index contributed by atoms with van der Waals surface area (Å²) in [5.74, 6) is 1.41. The molecule has 0 bridgehead atoms. The van der Waals surface area contributed by atoms with Crippen LogP contribution in [0, 0.1) is 0 Å². The molecule has 10 heteroatoms. The van der Waals surface area contributed by atoms with Gasteiger partial charge in [-0.3, -0.25) is 14.5 Å². The first-order chi connectivity index (χ1) is 16.8. The summed E-state index contributed by atoms with van der Waals surface area (Å²) in [5.41, 5.74) is 3.52. The minimum Gasteiger partial charge on any atom is -0.361 e. The van der Waals surface area contributed by atoms with Crippen molar-refractivity contribution in [2.75, 3.05) is 36.4 Å². The number of hydrogen-bond donors (Lipinski definition) is 1. The molecule has 1 saturated heterocycles. The monoisotopic (exact) mass is 536 g/mol. The molecule has 4 aromatic rings. The molecule has 0 unspecified atom stereocenters. The number of amides is 1. The topological polar surface area (TPSA) is 92.1 Å². The Morgan fingerprint density at radius 3 is 2.51 bits per heavy atom. The summed E-state index contributed by atoms with van der Waals surface area (Å²) in [5, 5.41) is 9.50. The fraction of sp³-hybridized carbons (Fsp3) is 0.400. The number of benzene rings is 1. The summed E-state index contributed by atoms with van der Waals surface area (Å²) in [4.78, 5) is 30.2. The summed E-state index contributed by atoms with van der Waals surface area (Å²) >= 11 is 3.71. The third-order valence-electron chi connectivity index (χ3n) is 6.44. The molecule has 3 aromatic heterocycles. The first-order valence-corrected chi connectivity index (χ1v) is 12.7. The number of anilines is 2. The summed E-state index contributed by atoms with van der Waals surface area (Å²) in [7, 11) is 0. The zero-order chi connectivity index (χ0) is 24.7. The zero-order valence-electron chi connectivity index (χ0n) is 20.4. The highest BCUT2D eigenvalue weighted by Crippen LogP contribution is 2.33. The van der Waals surface area contributed by atoms with Gasteiger partial charge in [-0.1, -0.05) is 18.2 Å². The van der Waals surface area contributed by atoms with Crippen LogP contribution in [0.15, 0.2) is 41.1 Å². The third-order valence-corrected chi connectivity index (χ3v) is 7.18. The number of nitrogens with one attached hydrogen (secondary N) is 1. The fourth-order valence-electron chi connectivity index (χ4n) is 4.36. The quantitative estimate of drug-likeness (QED) is 0.399. The van der Waals surface area contributed by atoms with Crippen molar-refractivity contribution >= 4 is 55.5 Å². The van der Waals surface area contributed by atoms with Crippen LogP contribution in [0.25, 0.3) is 21.9 Å². The third kappa shape index (κ3) is 4.54. The molecule has 0 aliphatic carbocycles. The second-order valence-corrected chi connectivity index (χ2v) is 9.97. The van der Waals surface area contributed by atoms with Crippen LogP contribution in [0.4, 0.5) is 11.8 Å². The van der Waals surface area contributed by atoms with Gasteiger partial charge >= 0.3 is 0 Å². The van der Waals surface area contributed by atoms with Crippen LogP contribution in [0.5, 0.6) is 0 Å². The molecule has 1 aliphatic rings. The van der Waals surface area contributed by atoms with Crippen molar-refractivity contribution in [3.8, 4) is 0 Å². The van der Waals surface area contributed by atoms with E-state index in [-0.39, 0.29) is 18.0 Å². The number of pyridine rings is 1. The summed E-state index contributed by atoms with van der Waals surface area (Å²) in [6.07, 6.45) is 1.91. The van der Waals surface area contributed by atoms with Crippen LogP contribution < -0.4 is 10.2 Å². The normalized spacial score (nSPS) is 15.3. The molecule has 0 saturated carbocycles. The van der Waals surface area contributed by atoms with Crippen molar-refractivity contribution in [3.63, 3.8) is 0 Å². The Morgan fingerprint density at radius 2 is 1.80 bits per heavy atom. The van der Waals surface area contributed by atoms with E-state index in [1.54, 1.807) is 6.92 Å². The molecule has 1 atom stereocenters. The van der Waals surface area contributed by atoms with E-state index in [1.807, 2.05) is 34.0 Å². The highest BCUT2D eigenvalue weighted by Gasteiger charge is 2.25. The molecule has 1 aliphatic heterocycles. The summed E-state index contributed by atoms with van der Waals surface area (Å²) in [6, 6.07) is 10.4. The van der Waals surface area contributed by atoms with Gasteiger partial charge in [-0.05, 0) is 54.4 Å². The molecule has 1 aromatic carbocycles. The SMILES string of the molecule is CC(=O)N1CCN(c2nc(N[C@H](C)c3cnc4ccccc4c3)c3nn(C(C)C)c(Br)c3n2)CC1. The van der Waals surface area contributed by atoms with Gasteiger partial charge in [-0.2, -0.15) is 10.1 Å². The lowest BCUT2D eigenvalue weighted by Gasteiger charge is -2.34. The van der Waals surface area contributed by atoms with Gasteiger partial charge in [-0.15, -0.1) is 0 Å². The molecule has 182 valence electrons. The van der Waals surface area contributed by atoms with E-state index in [0.29, 0.717) is 37.9 Å². The highest BCUT2D eigenvalue weighted by molar-refractivity contribution is 9.10. The first-order valence-electron chi connectivity index (χ1n) is 11.9. The van der Waals surface area contributed by atoms with E-state index < -0.39 is 0 Å². The lowest BCUT2D eigenvalue weighted by atomic mass is 10.1. The molecule has 1 amide bonds. The second-order valence-electron chi connectivity index (χ2n) is 9.22.